The van der Waals surface area contributed by atoms with Gasteiger partial charge in [0.1, 0.15) is 0 Å². The first-order valence-electron chi connectivity index (χ1n) is 10.7. The number of sulfonamides is 1. The maximum atomic E-state index is 12.3. The minimum Gasteiger partial charge on any atom is -0.355 e. The van der Waals surface area contributed by atoms with E-state index in [1.807, 2.05) is 13.8 Å². The van der Waals surface area contributed by atoms with Gasteiger partial charge in [0, 0.05) is 45.3 Å². The van der Waals surface area contributed by atoms with E-state index in [2.05, 4.69) is 20.5 Å². The van der Waals surface area contributed by atoms with E-state index in [9.17, 15) is 8.42 Å². The third-order valence-electron chi connectivity index (χ3n) is 5.86. The fraction of sp³-hybridized carbons (Fsp3) is 0.947. The summed E-state index contributed by atoms with van der Waals surface area (Å²) in [4.78, 5) is 6.94. The Hall–Kier alpha value is -0.860. The molecular weight excluding hydrogens is 362 g/mol. The van der Waals surface area contributed by atoms with Crippen molar-refractivity contribution in [3.63, 3.8) is 0 Å². The number of hydrogen-bond donors (Lipinski definition) is 2. The molecule has 1 saturated carbocycles. The highest BCUT2D eigenvalue weighted by atomic mass is 32.2. The van der Waals surface area contributed by atoms with Gasteiger partial charge in [0.15, 0.2) is 5.96 Å². The van der Waals surface area contributed by atoms with Crippen molar-refractivity contribution in [3.8, 4) is 0 Å². The highest BCUT2D eigenvalue weighted by molar-refractivity contribution is 7.89. The maximum Gasteiger partial charge on any atom is 0.215 e. The van der Waals surface area contributed by atoms with E-state index in [1.165, 1.54) is 49.4 Å². The molecule has 0 bridgehead atoms. The van der Waals surface area contributed by atoms with Crippen molar-refractivity contribution in [2.75, 3.05) is 45.5 Å². The van der Waals surface area contributed by atoms with Gasteiger partial charge in [-0.3, -0.25) is 9.89 Å². The summed E-state index contributed by atoms with van der Waals surface area (Å²) in [5, 5.41) is 6.69. The molecule has 8 heteroatoms. The van der Waals surface area contributed by atoms with E-state index in [1.54, 1.807) is 7.05 Å². The minimum absolute atomic E-state index is 0.0915. The van der Waals surface area contributed by atoms with Gasteiger partial charge < -0.3 is 10.6 Å². The Morgan fingerprint density at radius 2 is 1.81 bits per heavy atom. The Morgan fingerprint density at radius 1 is 1.11 bits per heavy atom. The predicted molar refractivity (Wildman–Crippen MR) is 113 cm³/mol. The molecule has 1 saturated heterocycles. The van der Waals surface area contributed by atoms with E-state index in [0.29, 0.717) is 31.6 Å². The number of likely N-dealkylation sites (tertiary alicyclic amines) is 1. The van der Waals surface area contributed by atoms with Crippen LogP contribution in [0.1, 0.15) is 58.8 Å². The average molecular weight is 402 g/mol. The molecule has 2 N–H and O–H groups in total. The number of piperidine rings is 1. The molecule has 2 fully saturated rings. The normalized spacial score (nSPS) is 23.6. The first-order valence-corrected chi connectivity index (χ1v) is 12.3. The fourth-order valence-corrected chi connectivity index (χ4v) is 5.74. The molecule has 0 spiro atoms. The van der Waals surface area contributed by atoms with Crippen molar-refractivity contribution in [3.05, 3.63) is 0 Å². The molecule has 7 nitrogen and oxygen atoms in total. The van der Waals surface area contributed by atoms with Crippen LogP contribution in [0.5, 0.6) is 0 Å². The van der Waals surface area contributed by atoms with Crippen LogP contribution in [-0.2, 0) is 10.0 Å². The van der Waals surface area contributed by atoms with Gasteiger partial charge in [0.25, 0.3) is 0 Å². The molecule has 2 rings (SSSR count). The standard InChI is InChI=1S/C19H39N5O2S/c1-4-24(5-2)27(25,26)15-13-21-19(20-3)22-17-10-9-14-23(16-17)18-11-7-6-8-12-18/h17-18H,4-16H2,1-3H3,(H2,20,21,22). The summed E-state index contributed by atoms with van der Waals surface area (Å²) >= 11 is 0. The van der Waals surface area contributed by atoms with Crippen molar-refractivity contribution in [1.82, 2.24) is 19.8 Å². The van der Waals surface area contributed by atoms with E-state index >= 15 is 0 Å². The highest BCUT2D eigenvalue weighted by Crippen LogP contribution is 2.25. The van der Waals surface area contributed by atoms with Crippen LogP contribution in [0.15, 0.2) is 4.99 Å². The minimum atomic E-state index is -3.20. The second-order valence-electron chi connectivity index (χ2n) is 7.67. The molecule has 0 aromatic carbocycles. The molecule has 0 radical (unpaired) electrons. The second-order valence-corrected chi connectivity index (χ2v) is 9.76. The van der Waals surface area contributed by atoms with Gasteiger partial charge in [-0.2, -0.15) is 0 Å². The van der Waals surface area contributed by atoms with E-state index < -0.39 is 10.0 Å². The summed E-state index contributed by atoms with van der Waals surface area (Å²) in [6, 6.07) is 1.13. The van der Waals surface area contributed by atoms with Gasteiger partial charge in [-0.05, 0) is 32.2 Å². The van der Waals surface area contributed by atoms with Crippen molar-refractivity contribution in [2.24, 2.45) is 4.99 Å². The summed E-state index contributed by atoms with van der Waals surface area (Å²) in [5.74, 6) is 0.800. The number of nitrogens with one attached hydrogen (secondary N) is 2. The molecule has 158 valence electrons. The lowest BCUT2D eigenvalue weighted by atomic mass is 9.92. The van der Waals surface area contributed by atoms with E-state index in [0.717, 1.165) is 19.0 Å². The molecule has 0 aromatic rings. The lowest BCUT2D eigenvalue weighted by Gasteiger charge is -2.40. The highest BCUT2D eigenvalue weighted by Gasteiger charge is 2.27. The molecule has 1 aliphatic carbocycles. The van der Waals surface area contributed by atoms with Crippen molar-refractivity contribution < 1.29 is 8.42 Å². The SMILES string of the molecule is CCN(CC)S(=O)(=O)CCNC(=NC)NC1CCCN(C2CCCCC2)C1. The zero-order valence-electron chi connectivity index (χ0n) is 17.4. The molecular formula is C19H39N5O2S. The maximum absolute atomic E-state index is 12.3. The number of aliphatic imine (C=N–C) groups is 1. The van der Waals surface area contributed by atoms with Crippen LogP contribution in [0.3, 0.4) is 0 Å². The summed E-state index contributed by atoms with van der Waals surface area (Å²) in [6.45, 7) is 7.42. The second kappa shape index (κ2) is 11.2. The first-order chi connectivity index (χ1) is 13.0. The van der Waals surface area contributed by atoms with E-state index in [4.69, 9.17) is 0 Å². The lowest BCUT2D eigenvalue weighted by molar-refractivity contribution is 0.115. The quantitative estimate of drug-likeness (QED) is 0.477. The summed E-state index contributed by atoms with van der Waals surface area (Å²) in [6.07, 6.45) is 9.14. The smallest absolute Gasteiger partial charge is 0.215 e. The predicted octanol–water partition coefficient (Wildman–Crippen LogP) is 1.62. The summed E-state index contributed by atoms with van der Waals surface area (Å²) in [5.41, 5.74) is 0. The molecule has 2 aliphatic rings. The van der Waals surface area contributed by atoms with Crippen LogP contribution in [0, 0.1) is 0 Å². The van der Waals surface area contributed by atoms with Gasteiger partial charge in [0.05, 0.1) is 5.75 Å². The lowest BCUT2D eigenvalue weighted by Crippen LogP contribution is -2.54. The van der Waals surface area contributed by atoms with Gasteiger partial charge in [-0.1, -0.05) is 33.1 Å². The molecule has 0 amide bonds. The topological polar surface area (TPSA) is 77.0 Å². The molecule has 1 atom stereocenters. The van der Waals surface area contributed by atoms with Crippen molar-refractivity contribution in [2.45, 2.75) is 70.9 Å². The van der Waals surface area contributed by atoms with Gasteiger partial charge in [-0.15, -0.1) is 0 Å². The Bertz CT molecular complexity index is 556. The third-order valence-corrected chi connectivity index (χ3v) is 7.88. The number of nitrogens with zero attached hydrogens (tertiary/aromatic N) is 3. The summed E-state index contributed by atoms with van der Waals surface area (Å²) in [7, 11) is -1.46. The Morgan fingerprint density at radius 3 is 2.44 bits per heavy atom. The zero-order valence-corrected chi connectivity index (χ0v) is 18.2. The van der Waals surface area contributed by atoms with E-state index in [-0.39, 0.29) is 5.75 Å². The van der Waals surface area contributed by atoms with Crippen LogP contribution in [-0.4, -0.2) is 81.2 Å². The Balaban J connectivity index is 1.78. The Labute approximate surface area is 166 Å². The number of rotatable bonds is 8. The molecule has 1 aliphatic heterocycles. The zero-order chi connectivity index (χ0) is 19.7. The molecule has 1 heterocycles. The molecule has 27 heavy (non-hydrogen) atoms. The van der Waals surface area contributed by atoms with Crippen molar-refractivity contribution >= 4 is 16.0 Å². The molecule has 1 unspecified atom stereocenters. The van der Waals surface area contributed by atoms with Crippen LogP contribution >= 0.6 is 0 Å². The van der Waals surface area contributed by atoms with Crippen molar-refractivity contribution in [1.29, 1.82) is 0 Å². The van der Waals surface area contributed by atoms with Crippen LogP contribution in [0.4, 0.5) is 0 Å². The van der Waals surface area contributed by atoms with Gasteiger partial charge in [-0.25, -0.2) is 12.7 Å². The largest absolute Gasteiger partial charge is 0.355 e. The van der Waals surface area contributed by atoms with Gasteiger partial charge in [0.2, 0.25) is 10.0 Å². The molecule has 0 aromatic heterocycles. The Kier molecular flexibility index (Phi) is 9.32. The number of guanidine groups is 1. The third kappa shape index (κ3) is 6.91. The summed E-state index contributed by atoms with van der Waals surface area (Å²) < 4.78 is 26.1. The van der Waals surface area contributed by atoms with Crippen LogP contribution < -0.4 is 10.6 Å². The van der Waals surface area contributed by atoms with Crippen LogP contribution in [0.2, 0.25) is 0 Å². The van der Waals surface area contributed by atoms with Gasteiger partial charge >= 0.3 is 0 Å². The number of hydrogen-bond acceptors (Lipinski definition) is 4. The first kappa shape index (κ1) is 22.4. The fourth-order valence-electron chi connectivity index (χ4n) is 4.33. The average Bonchev–Trinajstić information content (AvgIpc) is 2.68. The monoisotopic (exact) mass is 401 g/mol. The van der Waals surface area contributed by atoms with Crippen LogP contribution in [0.25, 0.3) is 0 Å².